The number of aromatic carboxylic acids is 1. The first-order valence-corrected chi connectivity index (χ1v) is 7.93. The highest BCUT2D eigenvalue weighted by molar-refractivity contribution is 7.89. The summed E-state index contributed by atoms with van der Waals surface area (Å²) in [6, 6.07) is 3.65. The molecular formula is C12H15ClN2O4S. The Hall–Kier alpha value is -1.15. The minimum absolute atomic E-state index is 0.00211. The zero-order valence-corrected chi connectivity index (χ0v) is 12.2. The number of sulfonamides is 1. The van der Waals surface area contributed by atoms with Crippen molar-refractivity contribution in [3.05, 3.63) is 28.8 Å². The number of carboxylic acids is 1. The van der Waals surface area contributed by atoms with Gasteiger partial charge in [-0.15, -0.1) is 0 Å². The van der Waals surface area contributed by atoms with Gasteiger partial charge in [-0.2, -0.15) is 4.31 Å². The summed E-state index contributed by atoms with van der Waals surface area (Å²) < 4.78 is 26.3. The SMILES string of the molecule is NC1CCN(S(=O)(=O)c2cc(C(=O)O)ccc2Cl)CC1. The molecule has 110 valence electrons. The molecular weight excluding hydrogens is 304 g/mol. The van der Waals surface area contributed by atoms with Crippen LogP contribution in [-0.2, 0) is 10.0 Å². The molecule has 1 heterocycles. The summed E-state index contributed by atoms with van der Waals surface area (Å²) in [4.78, 5) is 10.8. The van der Waals surface area contributed by atoms with Crippen molar-refractivity contribution in [1.29, 1.82) is 0 Å². The molecule has 6 nitrogen and oxygen atoms in total. The number of piperidine rings is 1. The monoisotopic (exact) mass is 318 g/mol. The Kier molecular flexibility index (Phi) is 4.33. The quantitative estimate of drug-likeness (QED) is 0.870. The summed E-state index contributed by atoms with van der Waals surface area (Å²) in [6.45, 7) is 0.633. The standard InChI is InChI=1S/C12H15ClN2O4S/c13-10-2-1-8(12(16)17)7-11(10)20(18,19)15-5-3-9(14)4-6-15/h1-2,7,9H,3-6,14H2,(H,16,17). The summed E-state index contributed by atoms with van der Waals surface area (Å²) in [5, 5.41) is 8.96. The van der Waals surface area contributed by atoms with Crippen LogP contribution in [0.25, 0.3) is 0 Å². The first-order valence-electron chi connectivity index (χ1n) is 6.11. The largest absolute Gasteiger partial charge is 0.478 e. The average Bonchev–Trinajstić information content (AvgIpc) is 2.39. The molecule has 0 bridgehead atoms. The topological polar surface area (TPSA) is 101 Å². The number of rotatable bonds is 3. The van der Waals surface area contributed by atoms with E-state index in [0.717, 1.165) is 6.07 Å². The van der Waals surface area contributed by atoms with E-state index in [9.17, 15) is 13.2 Å². The number of nitrogens with zero attached hydrogens (tertiary/aromatic N) is 1. The molecule has 8 heteroatoms. The van der Waals surface area contributed by atoms with Gasteiger partial charge in [0.25, 0.3) is 0 Å². The summed E-state index contributed by atoms with van der Waals surface area (Å²) in [6.07, 6.45) is 1.16. The lowest BCUT2D eigenvalue weighted by Crippen LogP contribution is -2.42. The van der Waals surface area contributed by atoms with Crippen molar-refractivity contribution < 1.29 is 18.3 Å². The maximum Gasteiger partial charge on any atom is 0.335 e. The van der Waals surface area contributed by atoms with Crippen molar-refractivity contribution >= 4 is 27.6 Å². The van der Waals surface area contributed by atoms with Gasteiger partial charge in [-0.1, -0.05) is 11.6 Å². The molecule has 1 aliphatic rings. The molecule has 1 aliphatic heterocycles. The second-order valence-electron chi connectivity index (χ2n) is 4.69. The Morgan fingerprint density at radius 1 is 1.35 bits per heavy atom. The fraction of sp³-hybridized carbons (Fsp3) is 0.417. The van der Waals surface area contributed by atoms with Crippen LogP contribution in [-0.4, -0.2) is 42.9 Å². The second-order valence-corrected chi connectivity index (χ2v) is 7.01. The van der Waals surface area contributed by atoms with Crippen LogP contribution in [0, 0.1) is 0 Å². The molecule has 1 aromatic carbocycles. The third-order valence-electron chi connectivity index (χ3n) is 3.29. The van der Waals surface area contributed by atoms with E-state index in [-0.39, 0.29) is 21.5 Å². The van der Waals surface area contributed by atoms with Gasteiger partial charge in [0.05, 0.1) is 10.6 Å². The van der Waals surface area contributed by atoms with Crippen molar-refractivity contribution in [2.45, 2.75) is 23.8 Å². The van der Waals surface area contributed by atoms with Gasteiger partial charge in [0.15, 0.2) is 0 Å². The minimum Gasteiger partial charge on any atom is -0.478 e. The first kappa shape index (κ1) is 15.2. The zero-order chi connectivity index (χ0) is 14.9. The van der Waals surface area contributed by atoms with Crippen molar-refractivity contribution in [1.82, 2.24) is 4.31 Å². The molecule has 0 atom stereocenters. The van der Waals surface area contributed by atoms with Gasteiger partial charge in [0.1, 0.15) is 4.90 Å². The zero-order valence-electron chi connectivity index (χ0n) is 10.6. The second kappa shape index (κ2) is 5.69. The van der Waals surface area contributed by atoms with E-state index in [0.29, 0.717) is 25.9 Å². The highest BCUT2D eigenvalue weighted by Crippen LogP contribution is 2.27. The Balaban J connectivity index is 2.38. The molecule has 1 aromatic rings. The van der Waals surface area contributed by atoms with Crippen molar-refractivity contribution in [2.24, 2.45) is 5.73 Å². The molecule has 0 aromatic heterocycles. The molecule has 0 amide bonds. The number of nitrogens with two attached hydrogens (primary N) is 1. The fourth-order valence-electron chi connectivity index (χ4n) is 2.09. The first-order chi connectivity index (χ1) is 9.32. The molecule has 0 saturated carbocycles. The normalized spacial score (nSPS) is 18.1. The highest BCUT2D eigenvalue weighted by Gasteiger charge is 2.30. The van der Waals surface area contributed by atoms with Gasteiger partial charge >= 0.3 is 5.97 Å². The molecule has 20 heavy (non-hydrogen) atoms. The van der Waals surface area contributed by atoms with E-state index < -0.39 is 16.0 Å². The van der Waals surface area contributed by atoms with E-state index in [1.165, 1.54) is 16.4 Å². The molecule has 3 N–H and O–H groups in total. The number of halogens is 1. The van der Waals surface area contributed by atoms with Crippen molar-refractivity contribution in [2.75, 3.05) is 13.1 Å². The summed E-state index contributed by atoms with van der Waals surface area (Å²) in [5.74, 6) is -1.20. The van der Waals surface area contributed by atoms with Gasteiger partial charge in [-0.05, 0) is 31.0 Å². The third kappa shape index (κ3) is 2.95. The molecule has 0 unspecified atom stereocenters. The molecule has 0 aliphatic carbocycles. The van der Waals surface area contributed by atoms with Crippen molar-refractivity contribution in [3.8, 4) is 0 Å². The van der Waals surface area contributed by atoms with E-state index in [4.69, 9.17) is 22.4 Å². The molecule has 1 fully saturated rings. The Bertz CT molecular complexity index is 624. The van der Waals surface area contributed by atoms with Crippen LogP contribution in [0.4, 0.5) is 0 Å². The Labute approximate surface area is 122 Å². The lowest BCUT2D eigenvalue weighted by atomic mass is 10.1. The van der Waals surface area contributed by atoms with E-state index in [1.807, 2.05) is 0 Å². The smallest absolute Gasteiger partial charge is 0.335 e. The lowest BCUT2D eigenvalue weighted by Gasteiger charge is -2.29. The van der Waals surface area contributed by atoms with Gasteiger partial charge in [0.2, 0.25) is 10.0 Å². The summed E-state index contributed by atoms with van der Waals surface area (Å²) in [7, 11) is -3.79. The molecule has 1 saturated heterocycles. The number of benzene rings is 1. The number of carbonyl (C=O) groups is 1. The highest BCUT2D eigenvalue weighted by atomic mass is 35.5. The Morgan fingerprint density at radius 2 is 1.95 bits per heavy atom. The van der Waals surface area contributed by atoms with Crippen LogP contribution in [0.1, 0.15) is 23.2 Å². The van der Waals surface area contributed by atoms with Crippen LogP contribution in [0.2, 0.25) is 5.02 Å². The maximum atomic E-state index is 12.5. The number of hydrogen-bond donors (Lipinski definition) is 2. The molecule has 2 rings (SSSR count). The summed E-state index contributed by atoms with van der Waals surface area (Å²) in [5.41, 5.74) is 5.64. The van der Waals surface area contributed by atoms with Gasteiger partial charge in [-0.25, -0.2) is 13.2 Å². The molecule has 0 radical (unpaired) electrons. The third-order valence-corrected chi connectivity index (χ3v) is 5.67. The average molecular weight is 319 g/mol. The van der Waals surface area contributed by atoms with Gasteiger partial charge in [-0.3, -0.25) is 0 Å². The van der Waals surface area contributed by atoms with Crippen LogP contribution >= 0.6 is 11.6 Å². The minimum atomic E-state index is -3.79. The molecule has 0 spiro atoms. The van der Waals surface area contributed by atoms with Gasteiger partial charge in [0, 0.05) is 19.1 Å². The summed E-state index contributed by atoms with van der Waals surface area (Å²) >= 11 is 5.91. The van der Waals surface area contributed by atoms with E-state index in [2.05, 4.69) is 0 Å². The predicted octanol–water partition coefficient (Wildman–Crippen LogP) is 1.15. The maximum absolute atomic E-state index is 12.5. The Morgan fingerprint density at radius 3 is 2.50 bits per heavy atom. The number of hydrogen-bond acceptors (Lipinski definition) is 4. The van der Waals surface area contributed by atoms with Crippen LogP contribution in [0.15, 0.2) is 23.1 Å². The van der Waals surface area contributed by atoms with E-state index in [1.54, 1.807) is 0 Å². The van der Waals surface area contributed by atoms with E-state index >= 15 is 0 Å². The van der Waals surface area contributed by atoms with Crippen molar-refractivity contribution in [3.63, 3.8) is 0 Å². The van der Waals surface area contributed by atoms with Gasteiger partial charge < -0.3 is 10.8 Å². The van der Waals surface area contributed by atoms with Crippen LogP contribution in [0.5, 0.6) is 0 Å². The fourth-order valence-corrected chi connectivity index (χ4v) is 4.06. The number of carboxylic acid groups (broad SMARTS) is 1. The van der Waals surface area contributed by atoms with Crippen LogP contribution < -0.4 is 5.73 Å². The lowest BCUT2D eigenvalue weighted by molar-refractivity contribution is 0.0696. The van der Waals surface area contributed by atoms with Crippen LogP contribution in [0.3, 0.4) is 0 Å². The predicted molar refractivity (Wildman–Crippen MR) is 74.4 cm³/mol.